The number of hydrogen-bond donors (Lipinski definition) is 3. The van der Waals surface area contributed by atoms with Crippen molar-refractivity contribution in [3.05, 3.63) is 23.9 Å². The molecule has 18 heteroatoms. The number of halogens is 2. The van der Waals surface area contributed by atoms with Crippen LogP contribution in [-0.2, 0) is 36.8 Å². The van der Waals surface area contributed by atoms with Crippen molar-refractivity contribution in [2.24, 2.45) is 23.2 Å². The molecule has 1 aromatic heterocycles. The Morgan fingerprint density at radius 1 is 1.14 bits per heavy atom. The summed E-state index contributed by atoms with van der Waals surface area (Å²) >= 11 is -3.09. The predicted octanol–water partition coefficient (Wildman–Crippen LogP) is 4.88. The number of ether oxygens (including phenoxy) is 3. The third kappa shape index (κ3) is 9.16. The van der Waals surface area contributed by atoms with E-state index in [1.165, 1.54) is 4.90 Å². The van der Waals surface area contributed by atoms with Gasteiger partial charge in [-0.1, -0.05) is 40.5 Å². The van der Waals surface area contributed by atoms with Gasteiger partial charge >= 0.3 is 6.09 Å². The van der Waals surface area contributed by atoms with E-state index >= 15 is 0 Å². The minimum absolute atomic E-state index is 0.118. The van der Waals surface area contributed by atoms with Gasteiger partial charge in [-0.25, -0.2) is 23.5 Å². The fourth-order valence-electron chi connectivity index (χ4n) is 9.24. The number of nitrogens with zero attached hydrogens (tertiary/aromatic N) is 3. The monoisotopic (exact) mass is 833 g/mol. The van der Waals surface area contributed by atoms with Crippen LogP contribution in [-0.4, -0.2) is 96.9 Å². The molecule has 3 fully saturated rings. The van der Waals surface area contributed by atoms with Crippen molar-refractivity contribution in [1.82, 2.24) is 30.2 Å². The summed E-state index contributed by atoms with van der Waals surface area (Å²) in [5, 5.41) is 5.43. The number of methoxy groups -OCH3 is 1. The van der Waals surface area contributed by atoms with E-state index in [0.717, 1.165) is 38.5 Å². The standard InChI is InChI=1S/C40H56F2N6O9S/c1-7-25-29-21-48(31(25)33(49)46-40(36(51)47-58(53)54)20-23(40)18-30(41)42)35(50)32(38(2,3)4)45-37(52)57-39(5)17-11-13-22(39)12-9-8-10-14-27-34(56-29)44-28-19-24(55-6)15-16-26(28)43-27/h15-16,19,22-23,25,29-32H,7-14,17-18,20-21H2,1-6H3,(H,45,52)(H,46,49)(H,47,51)(H,53,54)/p-1. The second kappa shape index (κ2) is 17.2. The number of benzene rings is 1. The second-order valence-electron chi connectivity index (χ2n) is 17.5. The van der Waals surface area contributed by atoms with Crippen LogP contribution in [0.5, 0.6) is 11.6 Å². The fraction of sp³-hybridized carbons (Fsp3) is 0.700. The molecule has 3 heterocycles. The number of fused-ring (bicyclic) bond motifs is 5. The maximum absolute atomic E-state index is 15.0. The molecule has 4 amide bonds. The number of aryl methyl sites for hydroxylation is 1. The lowest BCUT2D eigenvalue weighted by molar-refractivity contribution is -0.144. The van der Waals surface area contributed by atoms with E-state index < -0.39 is 94.5 Å². The first-order valence-electron chi connectivity index (χ1n) is 20.2. The topological polar surface area (TPSA) is 201 Å². The van der Waals surface area contributed by atoms with Crippen LogP contribution in [0.15, 0.2) is 18.2 Å². The SMILES string of the molecule is CCC1C2CN(C(=O)C(C(C)(C)C)NC(=O)OC3(C)CCCC3CCCCCc3nc4ccc(OC)cc4nc3O2)C1C(=O)NC1(C(=O)NS(=O)[O-])CC1CC(F)F. The third-order valence-corrected chi connectivity index (χ3v) is 12.9. The van der Waals surface area contributed by atoms with Crippen LogP contribution in [0.1, 0.15) is 105 Å². The maximum atomic E-state index is 15.0. The average molecular weight is 834 g/mol. The quantitative estimate of drug-likeness (QED) is 0.306. The van der Waals surface area contributed by atoms with Gasteiger partial charge < -0.3 is 34.3 Å². The molecule has 320 valence electrons. The van der Waals surface area contributed by atoms with Crippen molar-refractivity contribution in [3.8, 4) is 11.6 Å². The third-order valence-electron chi connectivity index (χ3n) is 12.5. The van der Waals surface area contributed by atoms with Crippen molar-refractivity contribution < 1.29 is 50.9 Å². The van der Waals surface area contributed by atoms with Gasteiger partial charge in [0.25, 0.3) is 5.91 Å². The molecule has 2 bridgehead atoms. The van der Waals surface area contributed by atoms with Crippen LogP contribution in [0.2, 0.25) is 0 Å². The van der Waals surface area contributed by atoms with Crippen molar-refractivity contribution >= 4 is 46.1 Å². The van der Waals surface area contributed by atoms with Crippen LogP contribution in [0, 0.1) is 23.2 Å². The molecule has 0 radical (unpaired) electrons. The summed E-state index contributed by atoms with van der Waals surface area (Å²) in [7, 11) is 1.54. The zero-order valence-corrected chi connectivity index (χ0v) is 34.8. The fourth-order valence-corrected chi connectivity index (χ4v) is 9.57. The van der Waals surface area contributed by atoms with Crippen LogP contribution >= 0.6 is 0 Å². The highest BCUT2D eigenvalue weighted by Crippen LogP contribution is 2.48. The van der Waals surface area contributed by atoms with Crippen LogP contribution < -0.4 is 24.8 Å². The lowest BCUT2D eigenvalue weighted by atomic mass is 9.85. The van der Waals surface area contributed by atoms with Gasteiger partial charge in [0.15, 0.2) is 0 Å². The van der Waals surface area contributed by atoms with E-state index in [9.17, 15) is 36.7 Å². The molecule has 2 aliphatic carbocycles. The average Bonchev–Trinajstić information content (AvgIpc) is 3.49. The maximum Gasteiger partial charge on any atom is 0.408 e. The van der Waals surface area contributed by atoms with E-state index in [2.05, 4.69) is 10.6 Å². The van der Waals surface area contributed by atoms with Gasteiger partial charge in [0.1, 0.15) is 40.8 Å². The van der Waals surface area contributed by atoms with Crippen molar-refractivity contribution in [2.75, 3.05) is 13.7 Å². The largest absolute Gasteiger partial charge is 0.755 e. The number of rotatable bonds is 8. The Balaban J connectivity index is 1.43. The van der Waals surface area contributed by atoms with E-state index in [-0.39, 0.29) is 31.2 Å². The molecule has 9 atom stereocenters. The first-order chi connectivity index (χ1) is 27.4. The van der Waals surface area contributed by atoms with Gasteiger partial charge in [-0.15, -0.1) is 0 Å². The highest BCUT2D eigenvalue weighted by molar-refractivity contribution is 7.77. The van der Waals surface area contributed by atoms with Gasteiger partial charge in [-0.3, -0.25) is 23.3 Å². The van der Waals surface area contributed by atoms with Crippen molar-refractivity contribution in [1.29, 1.82) is 0 Å². The summed E-state index contributed by atoms with van der Waals surface area (Å²) < 4.78 is 70.2. The summed E-state index contributed by atoms with van der Waals surface area (Å²) in [6, 6.07) is 2.80. The Morgan fingerprint density at radius 3 is 2.55 bits per heavy atom. The molecule has 4 aliphatic rings. The summed E-state index contributed by atoms with van der Waals surface area (Å²) in [5.74, 6) is -3.54. The van der Waals surface area contributed by atoms with E-state index in [1.54, 1.807) is 51.7 Å². The van der Waals surface area contributed by atoms with Crippen molar-refractivity contribution in [2.45, 2.75) is 141 Å². The van der Waals surface area contributed by atoms with Gasteiger partial charge in [-0.2, -0.15) is 0 Å². The Kier molecular flexibility index (Phi) is 12.9. The van der Waals surface area contributed by atoms with Crippen LogP contribution in [0.25, 0.3) is 11.0 Å². The number of aromatic nitrogens is 2. The molecular formula is C40H55F2N6O9S-. The number of hydrogen-bond acceptors (Lipinski definition) is 11. The Bertz CT molecular complexity index is 1920. The molecule has 3 N–H and O–H groups in total. The molecule has 9 unspecified atom stereocenters. The lowest BCUT2D eigenvalue weighted by Gasteiger charge is -2.37. The smallest absolute Gasteiger partial charge is 0.408 e. The molecule has 2 aliphatic heterocycles. The summed E-state index contributed by atoms with van der Waals surface area (Å²) in [5.41, 5.74) is -1.87. The predicted molar refractivity (Wildman–Crippen MR) is 207 cm³/mol. The van der Waals surface area contributed by atoms with E-state index in [0.29, 0.717) is 35.3 Å². The molecule has 1 aromatic carbocycles. The number of alkyl carbamates (subject to hydrolysis) is 1. The van der Waals surface area contributed by atoms with Gasteiger partial charge in [0.2, 0.25) is 24.1 Å². The van der Waals surface area contributed by atoms with Gasteiger partial charge in [0.05, 0.1) is 24.7 Å². The molecule has 6 rings (SSSR count). The van der Waals surface area contributed by atoms with Crippen LogP contribution in [0.4, 0.5) is 13.6 Å². The first-order valence-corrected chi connectivity index (χ1v) is 21.3. The number of nitrogens with one attached hydrogen (secondary N) is 3. The van der Waals surface area contributed by atoms with Crippen LogP contribution in [0.3, 0.4) is 0 Å². The summed E-state index contributed by atoms with van der Waals surface area (Å²) in [6.45, 7) is 8.89. The highest BCUT2D eigenvalue weighted by atomic mass is 32.2. The molecule has 1 saturated heterocycles. The number of alkyl halides is 2. The highest BCUT2D eigenvalue weighted by Gasteiger charge is 2.63. The van der Waals surface area contributed by atoms with Crippen molar-refractivity contribution in [3.63, 3.8) is 0 Å². The Hall–Kier alpha value is -4.19. The lowest BCUT2D eigenvalue weighted by Crippen LogP contribution is -2.61. The summed E-state index contributed by atoms with van der Waals surface area (Å²) in [6.07, 6.45) is 1.20. The number of amides is 4. The van der Waals surface area contributed by atoms with Gasteiger partial charge in [-0.05, 0) is 87.7 Å². The zero-order valence-electron chi connectivity index (χ0n) is 33.9. The molecule has 2 saturated carbocycles. The molecule has 2 aromatic rings. The van der Waals surface area contributed by atoms with E-state index in [1.807, 2.05) is 13.0 Å². The Labute approximate surface area is 339 Å². The first kappa shape index (κ1) is 43.4. The number of carbonyl (C=O) groups is 4. The van der Waals surface area contributed by atoms with Gasteiger partial charge in [0, 0.05) is 29.7 Å². The molecule has 0 spiro atoms. The minimum atomic E-state index is -3.09. The number of carbonyl (C=O) groups excluding carboxylic acids is 4. The Morgan fingerprint density at radius 2 is 1.88 bits per heavy atom. The minimum Gasteiger partial charge on any atom is -0.755 e. The molecule has 58 heavy (non-hydrogen) atoms. The molecular weight excluding hydrogens is 779 g/mol. The zero-order chi connectivity index (χ0) is 42.2. The second-order valence-corrected chi connectivity index (χ2v) is 18.2. The van der Waals surface area contributed by atoms with E-state index in [4.69, 9.17) is 24.2 Å². The molecule has 15 nitrogen and oxygen atoms in total. The summed E-state index contributed by atoms with van der Waals surface area (Å²) in [4.78, 5) is 67.7. The normalized spacial score (nSPS) is 31.2.